The summed E-state index contributed by atoms with van der Waals surface area (Å²) in [4.78, 5) is 16.3. The third kappa shape index (κ3) is 4.58. The number of hydrogen-bond donors (Lipinski definition) is 4. The molecule has 0 unspecified atom stereocenters. The van der Waals surface area contributed by atoms with Crippen molar-refractivity contribution in [3.63, 3.8) is 0 Å². The second kappa shape index (κ2) is 9.01. The smallest absolute Gasteiger partial charge is 0.209 e. The summed E-state index contributed by atoms with van der Waals surface area (Å²) in [6.07, 6.45) is 7.31. The fourth-order valence-electron chi connectivity index (χ4n) is 4.36. The monoisotopic (exact) mass is 529 g/mol. The third-order valence-electron chi connectivity index (χ3n) is 6.04. The quantitative estimate of drug-likeness (QED) is 0.253. The SMILES string of the molecule is CS(=O)(=O)NCc1cc(F)cc(-c2nccc3[nH]c(-c4n[nH]c5cnc(-c6cncc(O)c6)cc45)cc23)c1. The lowest BCUT2D eigenvalue weighted by atomic mass is 10.0. The van der Waals surface area contributed by atoms with E-state index in [0.29, 0.717) is 39.5 Å². The first kappa shape index (κ1) is 23.7. The maximum atomic E-state index is 14.5. The van der Waals surface area contributed by atoms with Gasteiger partial charge in [0, 0.05) is 46.4 Å². The van der Waals surface area contributed by atoms with Crippen molar-refractivity contribution in [1.29, 1.82) is 0 Å². The summed E-state index contributed by atoms with van der Waals surface area (Å²) < 4.78 is 39.9. The first-order valence-electron chi connectivity index (χ1n) is 11.4. The minimum Gasteiger partial charge on any atom is -0.506 e. The van der Waals surface area contributed by atoms with Crippen molar-refractivity contribution >= 4 is 31.8 Å². The van der Waals surface area contributed by atoms with Crippen molar-refractivity contribution in [2.24, 2.45) is 0 Å². The lowest BCUT2D eigenvalue weighted by Crippen LogP contribution is -2.21. The molecule has 0 spiro atoms. The van der Waals surface area contributed by atoms with E-state index in [1.165, 1.54) is 18.3 Å². The second-order valence-electron chi connectivity index (χ2n) is 8.86. The van der Waals surface area contributed by atoms with E-state index in [1.807, 2.05) is 18.2 Å². The average molecular weight is 530 g/mol. The van der Waals surface area contributed by atoms with E-state index in [2.05, 4.69) is 34.9 Å². The van der Waals surface area contributed by atoms with Gasteiger partial charge in [-0.15, -0.1) is 0 Å². The number of rotatable bonds is 6. The molecule has 5 heterocycles. The van der Waals surface area contributed by atoms with E-state index >= 15 is 0 Å². The first-order valence-corrected chi connectivity index (χ1v) is 13.3. The molecule has 190 valence electrons. The molecule has 10 nitrogen and oxygen atoms in total. The summed E-state index contributed by atoms with van der Waals surface area (Å²) in [7, 11) is -3.43. The van der Waals surface area contributed by atoms with Gasteiger partial charge in [0.1, 0.15) is 17.3 Å². The largest absolute Gasteiger partial charge is 0.506 e. The number of nitrogens with zero attached hydrogens (tertiary/aromatic N) is 4. The molecule has 1 aromatic carbocycles. The van der Waals surface area contributed by atoms with Crippen LogP contribution in [0.5, 0.6) is 5.75 Å². The van der Waals surface area contributed by atoms with Crippen molar-refractivity contribution in [3.8, 4) is 39.7 Å². The Balaban J connectivity index is 1.43. The molecule has 0 amide bonds. The van der Waals surface area contributed by atoms with Crippen LogP contribution in [0.25, 0.3) is 55.7 Å². The van der Waals surface area contributed by atoms with Crippen LogP contribution < -0.4 is 4.72 Å². The van der Waals surface area contributed by atoms with Crippen molar-refractivity contribution in [2.75, 3.05) is 6.26 Å². The van der Waals surface area contributed by atoms with Gasteiger partial charge < -0.3 is 10.1 Å². The molecule has 0 saturated heterocycles. The summed E-state index contributed by atoms with van der Waals surface area (Å²) in [5.41, 5.74) is 5.67. The lowest BCUT2D eigenvalue weighted by Gasteiger charge is -2.07. The fourth-order valence-corrected chi connectivity index (χ4v) is 4.79. The highest BCUT2D eigenvalue weighted by Crippen LogP contribution is 2.34. The van der Waals surface area contributed by atoms with Crippen LogP contribution in [0.1, 0.15) is 5.56 Å². The topological polar surface area (TPSA) is 150 Å². The number of hydrogen-bond acceptors (Lipinski definition) is 7. The van der Waals surface area contributed by atoms with E-state index in [4.69, 9.17) is 0 Å². The summed E-state index contributed by atoms with van der Waals surface area (Å²) in [6.45, 7) is -0.0394. The molecule has 0 radical (unpaired) electrons. The average Bonchev–Trinajstić information content (AvgIpc) is 3.50. The van der Waals surface area contributed by atoms with E-state index in [0.717, 1.165) is 28.1 Å². The van der Waals surface area contributed by atoms with Gasteiger partial charge in [0.25, 0.3) is 0 Å². The molecule has 0 fully saturated rings. The Morgan fingerprint density at radius 3 is 2.61 bits per heavy atom. The van der Waals surface area contributed by atoms with E-state index < -0.39 is 15.8 Å². The van der Waals surface area contributed by atoms with Crippen LogP contribution in [0.15, 0.2) is 67.3 Å². The Morgan fingerprint density at radius 2 is 1.79 bits per heavy atom. The summed E-state index contributed by atoms with van der Waals surface area (Å²) in [5, 5.41) is 18.8. The van der Waals surface area contributed by atoms with Crippen molar-refractivity contribution in [3.05, 3.63) is 78.6 Å². The molecule has 4 N–H and O–H groups in total. The molecular formula is C26H20FN7O3S. The molecule has 0 saturated carbocycles. The van der Waals surface area contributed by atoms with Crippen molar-refractivity contribution in [2.45, 2.75) is 6.54 Å². The van der Waals surface area contributed by atoms with Gasteiger partial charge in [0.2, 0.25) is 10.0 Å². The van der Waals surface area contributed by atoms with Crippen LogP contribution in [0.4, 0.5) is 4.39 Å². The number of benzene rings is 1. The van der Waals surface area contributed by atoms with Crippen LogP contribution in [0, 0.1) is 5.82 Å². The predicted octanol–water partition coefficient (Wildman–Crippen LogP) is 4.12. The molecule has 38 heavy (non-hydrogen) atoms. The standard InChI is InChI=1S/C26H20FN7O3S/c1-38(36,37)31-10-14-4-15(6-17(27)5-14)25-19-9-23(32-21(19)2-3-29-25)26-20-8-22(30-13-24(20)33-34-26)16-7-18(35)12-28-11-16/h2-9,11-13,31-32,35H,10H2,1H3,(H,33,34). The number of aromatic nitrogens is 6. The second-order valence-corrected chi connectivity index (χ2v) is 10.7. The Hall–Kier alpha value is -4.68. The van der Waals surface area contributed by atoms with Crippen LogP contribution in [0.3, 0.4) is 0 Å². The normalized spacial score (nSPS) is 11.9. The van der Waals surface area contributed by atoms with Gasteiger partial charge in [-0.2, -0.15) is 5.10 Å². The predicted molar refractivity (Wildman–Crippen MR) is 141 cm³/mol. The Kier molecular flexibility index (Phi) is 5.62. The summed E-state index contributed by atoms with van der Waals surface area (Å²) in [6, 6.07) is 11.5. The number of H-pyrrole nitrogens is 2. The lowest BCUT2D eigenvalue weighted by molar-refractivity contribution is 0.473. The maximum Gasteiger partial charge on any atom is 0.209 e. The number of aromatic hydroxyl groups is 1. The van der Waals surface area contributed by atoms with E-state index in [1.54, 1.807) is 30.7 Å². The van der Waals surface area contributed by atoms with Gasteiger partial charge in [-0.05, 0) is 48.0 Å². The molecule has 0 aliphatic rings. The number of pyridine rings is 3. The molecule has 6 aromatic rings. The number of halogens is 1. The van der Waals surface area contributed by atoms with E-state index in [9.17, 15) is 17.9 Å². The zero-order valence-corrected chi connectivity index (χ0v) is 20.7. The molecule has 0 aliphatic carbocycles. The maximum absolute atomic E-state index is 14.5. The van der Waals surface area contributed by atoms with Gasteiger partial charge in [0.05, 0.1) is 41.2 Å². The zero-order valence-electron chi connectivity index (χ0n) is 19.9. The highest BCUT2D eigenvalue weighted by molar-refractivity contribution is 7.88. The first-order chi connectivity index (χ1) is 18.2. The van der Waals surface area contributed by atoms with Gasteiger partial charge >= 0.3 is 0 Å². The van der Waals surface area contributed by atoms with Gasteiger partial charge in [0.15, 0.2) is 0 Å². The number of sulfonamides is 1. The van der Waals surface area contributed by atoms with Crippen LogP contribution in [0.2, 0.25) is 0 Å². The molecule has 0 aliphatic heterocycles. The van der Waals surface area contributed by atoms with Gasteiger partial charge in [-0.25, -0.2) is 17.5 Å². The van der Waals surface area contributed by atoms with Crippen LogP contribution in [-0.4, -0.2) is 49.9 Å². The van der Waals surface area contributed by atoms with Gasteiger partial charge in [-0.3, -0.25) is 20.1 Å². The summed E-state index contributed by atoms with van der Waals surface area (Å²) in [5.74, 6) is -0.456. The molecule has 0 atom stereocenters. The summed E-state index contributed by atoms with van der Waals surface area (Å²) >= 11 is 0. The molecule has 5 aromatic heterocycles. The van der Waals surface area contributed by atoms with Crippen LogP contribution >= 0.6 is 0 Å². The molecule has 0 bridgehead atoms. The van der Waals surface area contributed by atoms with E-state index in [-0.39, 0.29) is 12.3 Å². The van der Waals surface area contributed by atoms with Crippen LogP contribution in [-0.2, 0) is 16.6 Å². The third-order valence-corrected chi connectivity index (χ3v) is 6.71. The highest BCUT2D eigenvalue weighted by atomic mass is 32.2. The fraction of sp³-hybridized carbons (Fsp3) is 0.0769. The van der Waals surface area contributed by atoms with Crippen molar-refractivity contribution < 1.29 is 17.9 Å². The Bertz CT molecular complexity index is 1950. The zero-order chi connectivity index (χ0) is 26.4. The minimum absolute atomic E-state index is 0.0394. The number of fused-ring (bicyclic) bond motifs is 2. The highest BCUT2D eigenvalue weighted by Gasteiger charge is 2.16. The molecular weight excluding hydrogens is 509 g/mol. The molecule has 6 rings (SSSR count). The Morgan fingerprint density at radius 1 is 0.947 bits per heavy atom. The molecule has 12 heteroatoms. The van der Waals surface area contributed by atoms with Crippen molar-refractivity contribution in [1.82, 2.24) is 34.9 Å². The van der Waals surface area contributed by atoms with Gasteiger partial charge in [-0.1, -0.05) is 0 Å². The number of aromatic amines is 2. The minimum atomic E-state index is -3.43. The Labute approximate surface area is 215 Å². The number of nitrogens with one attached hydrogen (secondary N) is 3.